The van der Waals surface area contributed by atoms with Crippen LogP contribution in [0.15, 0.2) is 36.4 Å². The van der Waals surface area contributed by atoms with Crippen LogP contribution in [-0.4, -0.2) is 0 Å². The summed E-state index contributed by atoms with van der Waals surface area (Å²) in [4.78, 5) is 0. The Hall–Kier alpha value is -1.82. The van der Waals surface area contributed by atoms with Crippen LogP contribution in [0.25, 0.3) is 12.2 Å². The van der Waals surface area contributed by atoms with E-state index in [0.717, 1.165) is 12.3 Å². The summed E-state index contributed by atoms with van der Waals surface area (Å²) in [5.74, 6) is 0.774. The molecule has 0 amide bonds. The Morgan fingerprint density at radius 3 is 2.71 bits per heavy atom. The molecule has 0 N–H and O–H groups in total. The molecule has 0 nitrogen and oxygen atoms in total. The van der Waals surface area contributed by atoms with Crippen molar-refractivity contribution in [1.82, 2.24) is 0 Å². The van der Waals surface area contributed by atoms with Gasteiger partial charge in [0.2, 0.25) is 0 Å². The summed E-state index contributed by atoms with van der Waals surface area (Å²) >= 11 is 0. The zero-order valence-corrected chi connectivity index (χ0v) is 14.9. The molecule has 0 bridgehead atoms. The average Bonchev–Trinajstić information content (AvgIpc) is 2.64. The Kier molecular flexibility index (Phi) is 4.56. The highest BCUT2D eigenvalue weighted by molar-refractivity contribution is 5.48. The maximum atomic E-state index is 2.47. The van der Waals surface area contributed by atoms with Gasteiger partial charge in [-0.05, 0) is 63.6 Å². The van der Waals surface area contributed by atoms with Gasteiger partial charge in [-0.25, -0.2) is 0 Å². The van der Waals surface area contributed by atoms with Crippen LogP contribution in [0.3, 0.4) is 0 Å². The van der Waals surface area contributed by atoms with Crippen LogP contribution in [0.5, 0.6) is 0 Å². The number of hydrogen-bond donors (Lipinski definition) is 0. The molecule has 124 valence electrons. The molecule has 0 saturated carbocycles. The van der Waals surface area contributed by atoms with Crippen molar-refractivity contribution in [3.63, 3.8) is 0 Å². The molecule has 0 aliphatic heterocycles. The van der Waals surface area contributed by atoms with E-state index in [-0.39, 0.29) is 0 Å². The van der Waals surface area contributed by atoms with E-state index in [0.29, 0.717) is 0 Å². The molecule has 0 heteroatoms. The van der Waals surface area contributed by atoms with Gasteiger partial charge in [-0.1, -0.05) is 81.2 Å². The van der Waals surface area contributed by atoms with Crippen molar-refractivity contribution in [2.24, 2.45) is 0 Å². The Bertz CT molecular complexity index is 933. The number of unbranched alkanes of at least 4 members (excludes halogenated alkanes) is 3. The fraction of sp³-hybridized carbons (Fsp3) is 0.417. The molecule has 0 heterocycles. The number of fused-ring (bicyclic) bond motifs is 4. The van der Waals surface area contributed by atoms with E-state index in [2.05, 4.69) is 55.5 Å². The summed E-state index contributed by atoms with van der Waals surface area (Å²) in [5.41, 5.74) is 3.30. The molecule has 2 aliphatic rings. The van der Waals surface area contributed by atoms with Crippen LogP contribution < -0.4 is 10.4 Å². The first-order valence-corrected chi connectivity index (χ1v) is 9.80. The Morgan fingerprint density at radius 2 is 1.79 bits per heavy atom. The topological polar surface area (TPSA) is 0 Å². The molecule has 0 radical (unpaired) electrons. The van der Waals surface area contributed by atoms with E-state index in [9.17, 15) is 0 Å². The highest BCUT2D eigenvalue weighted by Gasteiger charge is 2.20. The van der Waals surface area contributed by atoms with E-state index in [1.54, 1.807) is 11.1 Å². The Balaban J connectivity index is 1.81. The van der Waals surface area contributed by atoms with Crippen LogP contribution in [0.1, 0.15) is 68.9 Å². The van der Waals surface area contributed by atoms with Crippen molar-refractivity contribution in [1.29, 1.82) is 0 Å². The van der Waals surface area contributed by atoms with Gasteiger partial charge in [0.1, 0.15) is 0 Å². The molecular formula is C24H28. The Labute approximate surface area is 145 Å². The number of rotatable bonds is 5. The maximum Gasteiger partial charge on any atom is -0.00790 e. The summed E-state index contributed by atoms with van der Waals surface area (Å²) in [6.07, 6.45) is 15.5. The Morgan fingerprint density at radius 1 is 0.875 bits per heavy atom. The second-order valence-electron chi connectivity index (χ2n) is 7.42. The predicted octanol–water partition coefficient (Wildman–Crippen LogP) is 4.94. The molecule has 0 saturated heterocycles. The molecule has 2 aromatic rings. The van der Waals surface area contributed by atoms with Crippen LogP contribution in [0.2, 0.25) is 0 Å². The zero-order chi connectivity index (χ0) is 16.4. The molecule has 2 aliphatic carbocycles. The monoisotopic (exact) mass is 316 g/mol. The van der Waals surface area contributed by atoms with Gasteiger partial charge in [0.25, 0.3) is 0 Å². The van der Waals surface area contributed by atoms with Crippen molar-refractivity contribution in [3.05, 3.63) is 68.4 Å². The van der Waals surface area contributed by atoms with Gasteiger partial charge in [-0.2, -0.15) is 0 Å². The predicted molar refractivity (Wildman–Crippen MR) is 103 cm³/mol. The minimum atomic E-state index is 0.774. The van der Waals surface area contributed by atoms with Gasteiger partial charge in [-0.15, -0.1) is 0 Å². The van der Waals surface area contributed by atoms with E-state index < -0.39 is 0 Å². The molecule has 0 spiro atoms. The molecule has 0 fully saturated rings. The zero-order valence-electron chi connectivity index (χ0n) is 14.9. The second kappa shape index (κ2) is 6.97. The summed E-state index contributed by atoms with van der Waals surface area (Å²) in [6, 6.07) is 13.6. The summed E-state index contributed by atoms with van der Waals surface area (Å²) in [7, 11) is 0. The first-order chi connectivity index (χ1) is 11.9. The maximum absolute atomic E-state index is 2.47. The highest BCUT2D eigenvalue weighted by Crippen LogP contribution is 2.32. The fourth-order valence-corrected chi connectivity index (χ4v) is 4.64. The molecule has 2 aromatic carbocycles. The minimum Gasteiger partial charge on any atom is -0.0769 e. The third-order valence-corrected chi connectivity index (χ3v) is 5.86. The lowest BCUT2D eigenvalue weighted by atomic mass is 9.79. The van der Waals surface area contributed by atoms with Crippen molar-refractivity contribution in [2.45, 2.75) is 64.2 Å². The molecule has 24 heavy (non-hydrogen) atoms. The van der Waals surface area contributed by atoms with Gasteiger partial charge in [0.05, 0.1) is 0 Å². The molecule has 1 atom stereocenters. The van der Waals surface area contributed by atoms with E-state index in [1.165, 1.54) is 65.8 Å². The standard InChI is InChI=1S/C24H28/c1-2-3-4-5-10-19-11-8-12-20-15-16-22-21-13-7-6-9-18(21)14-17-23(22)24(19)20/h6-7,9,12-16,19H,2-5,8,10-11,17H2,1H3. The minimum absolute atomic E-state index is 0.774. The largest absolute Gasteiger partial charge is 0.0769 e. The number of benzene rings is 2. The smallest absolute Gasteiger partial charge is 0.00790 e. The van der Waals surface area contributed by atoms with E-state index >= 15 is 0 Å². The third-order valence-electron chi connectivity index (χ3n) is 5.86. The highest BCUT2D eigenvalue weighted by atomic mass is 14.2. The third kappa shape index (κ3) is 2.83. The van der Waals surface area contributed by atoms with Crippen LogP contribution in [0, 0.1) is 10.4 Å². The summed E-state index contributed by atoms with van der Waals surface area (Å²) in [5, 5.41) is 5.84. The first-order valence-electron chi connectivity index (χ1n) is 9.80. The van der Waals surface area contributed by atoms with Gasteiger partial charge >= 0.3 is 0 Å². The van der Waals surface area contributed by atoms with Gasteiger partial charge in [0.15, 0.2) is 0 Å². The first kappa shape index (κ1) is 15.7. The van der Waals surface area contributed by atoms with Crippen molar-refractivity contribution >= 4 is 12.2 Å². The van der Waals surface area contributed by atoms with Crippen molar-refractivity contribution < 1.29 is 0 Å². The average molecular weight is 316 g/mol. The second-order valence-corrected chi connectivity index (χ2v) is 7.42. The lowest BCUT2D eigenvalue weighted by Crippen LogP contribution is -2.23. The van der Waals surface area contributed by atoms with Crippen molar-refractivity contribution in [2.75, 3.05) is 0 Å². The van der Waals surface area contributed by atoms with Gasteiger partial charge in [-0.3, -0.25) is 0 Å². The van der Waals surface area contributed by atoms with Crippen LogP contribution in [0.4, 0.5) is 0 Å². The summed E-state index contributed by atoms with van der Waals surface area (Å²) in [6.45, 7) is 2.30. The molecule has 0 aromatic heterocycles. The molecular weight excluding hydrogens is 288 g/mol. The lowest BCUT2D eigenvalue weighted by molar-refractivity contribution is 0.522. The van der Waals surface area contributed by atoms with Gasteiger partial charge < -0.3 is 0 Å². The normalized spacial score (nSPS) is 18.0. The molecule has 4 rings (SSSR count). The SMILES string of the molecule is CCCCCCC1CCC=c2ccc3c(c21)CC=c1ccccc1=3. The number of hydrogen-bond acceptors (Lipinski definition) is 0. The van der Waals surface area contributed by atoms with E-state index in [1.807, 2.05) is 0 Å². The van der Waals surface area contributed by atoms with Crippen LogP contribution >= 0.6 is 0 Å². The lowest BCUT2D eigenvalue weighted by Gasteiger charge is -2.25. The van der Waals surface area contributed by atoms with E-state index in [4.69, 9.17) is 0 Å². The van der Waals surface area contributed by atoms with Crippen molar-refractivity contribution in [3.8, 4) is 0 Å². The van der Waals surface area contributed by atoms with Crippen LogP contribution in [-0.2, 0) is 6.42 Å². The molecule has 1 unspecified atom stereocenters. The van der Waals surface area contributed by atoms with Gasteiger partial charge in [0, 0.05) is 0 Å². The summed E-state index contributed by atoms with van der Waals surface area (Å²) < 4.78 is 0. The quantitative estimate of drug-likeness (QED) is 0.686. The fourth-order valence-electron chi connectivity index (χ4n) is 4.64.